The maximum absolute atomic E-state index is 14.2. The second-order valence-corrected chi connectivity index (χ2v) is 7.93. The van der Waals surface area contributed by atoms with Gasteiger partial charge in [0.05, 0.1) is 18.0 Å². The Morgan fingerprint density at radius 1 is 1.12 bits per heavy atom. The molecule has 3 atom stereocenters. The summed E-state index contributed by atoms with van der Waals surface area (Å²) in [6, 6.07) is 4.03. The Hall–Kier alpha value is -2.89. The minimum absolute atomic E-state index is 0.0310. The summed E-state index contributed by atoms with van der Waals surface area (Å²) < 4.78 is 62.2. The van der Waals surface area contributed by atoms with Gasteiger partial charge >= 0.3 is 6.55 Å². The Morgan fingerprint density at radius 2 is 1.91 bits per heavy atom. The molecule has 0 radical (unpaired) electrons. The van der Waals surface area contributed by atoms with Gasteiger partial charge in [0.15, 0.2) is 11.6 Å². The van der Waals surface area contributed by atoms with Crippen LogP contribution in [0.2, 0.25) is 0 Å². The molecule has 1 saturated heterocycles. The van der Waals surface area contributed by atoms with E-state index in [2.05, 4.69) is 15.0 Å². The molecular weight excluding hydrogens is 428 g/mol. The van der Waals surface area contributed by atoms with Crippen molar-refractivity contribution < 1.29 is 22.3 Å². The first-order valence-electron chi connectivity index (χ1n) is 10.1. The molecule has 4 heterocycles. The minimum Gasteiger partial charge on any atom is -0.370 e. The quantitative estimate of drug-likeness (QED) is 0.618. The van der Waals surface area contributed by atoms with Crippen LogP contribution in [0, 0.1) is 11.6 Å². The van der Waals surface area contributed by atoms with Gasteiger partial charge in [-0.15, -0.1) is 0 Å². The van der Waals surface area contributed by atoms with Gasteiger partial charge in [-0.25, -0.2) is 23.7 Å². The molecule has 7 nitrogen and oxygen atoms in total. The summed E-state index contributed by atoms with van der Waals surface area (Å²) in [5, 5.41) is 0. The van der Waals surface area contributed by atoms with E-state index in [1.54, 1.807) is 6.07 Å². The number of halogens is 4. The number of nitrogens with two attached hydrogens (primary N) is 1. The number of hydrogen-bond donors (Lipinski definition) is 1. The van der Waals surface area contributed by atoms with E-state index in [0.717, 1.165) is 22.8 Å². The summed E-state index contributed by atoms with van der Waals surface area (Å²) in [4.78, 5) is 14.4. The zero-order valence-electron chi connectivity index (χ0n) is 16.8. The van der Waals surface area contributed by atoms with Gasteiger partial charge in [-0.2, -0.15) is 8.78 Å². The average molecular weight is 448 g/mol. The minimum atomic E-state index is -2.80. The van der Waals surface area contributed by atoms with Crippen LogP contribution in [0.4, 0.5) is 17.6 Å². The maximum Gasteiger partial charge on any atom is 0.320 e. The topological polar surface area (TPSA) is 82.1 Å². The van der Waals surface area contributed by atoms with E-state index in [-0.39, 0.29) is 36.4 Å². The van der Waals surface area contributed by atoms with Gasteiger partial charge < -0.3 is 10.5 Å². The van der Waals surface area contributed by atoms with Gasteiger partial charge in [0.1, 0.15) is 17.7 Å². The fraction of sp³-hybridized carbons (Fsp3) is 0.381. The molecule has 1 fully saturated rings. The Kier molecular flexibility index (Phi) is 5.39. The van der Waals surface area contributed by atoms with Crippen molar-refractivity contribution in [2.24, 2.45) is 5.73 Å². The average Bonchev–Trinajstić information content (AvgIpc) is 3.34. The molecule has 0 bridgehead atoms. The zero-order valence-corrected chi connectivity index (χ0v) is 16.8. The highest BCUT2D eigenvalue weighted by atomic mass is 19.3. The van der Waals surface area contributed by atoms with Crippen molar-refractivity contribution >= 4 is 0 Å². The summed E-state index contributed by atoms with van der Waals surface area (Å²) in [6.07, 6.45) is 2.61. The Balaban J connectivity index is 1.33. The summed E-state index contributed by atoms with van der Waals surface area (Å²) in [7, 11) is 0. The molecule has 168 valence electrons. The number of ether oxygens (including phenoxy) is 1. The van der Waals surface area contributed by atoms with Crippen LogP contribution < -0.4 is 5.73 Å². The van der Waals surface area contributed by atoms with Crippen LogP contribution in [-0.4, -0.2) is 43.1 Å². The number of fused-ring (bicyclic) bond motifs is 1. The monoisotopic (exact) mass is 448 g/mol. The third-order valence-electron chi connectivity index (χ3n) is 5.94. The van der Waals surface area contributed by atoms with Crippen LogP contribution >= 0.6 is 0 Å². The molecule has 0 aliphatic carbocycles. The lowest BCUT2D eigenvalue weighted by molar-refractivity contribution is -0.0538. The fourth-order valence-electron chi connectivity index (χ4n) is 4.44. The molecule has 0 unspecified atom stereocenters. The highest BCUT2D eigenvalue weighted by molar-refractivity contribution is 5.47. The van der Waals surface area contributed by atoms with Crippen LogP contribution in [0.3, 0.4) is 0 Å². The van der Waals surface area contributed by atoms with Crippen molar-refractivity contribution in [3.8, 4) is 11.6 Å². The van der Waals surface area contributed by atoms with Gasteiger partial charge in [0, 0.05) is 43.1 Å². The van der Waals surface area contributed by atoms with E-state index in [4.69, 9.17) is 10.5 Å². The van der Waals surface area contributed by atoms with Crippen LogP contribution in [-0.2, 0) is 17.8 Å². The summed E-state index contributed by atoms with van der Waals surface area (Å²) in [6.45, 7) is -2.01. The van der Waals surface area contributed by atoms with E-state index < -0.39 is 30.3 Å². The molecular formula is C21H20F4N6O. The van der Waals surface area contributed by atoms with Gasteiger partial charge in [-0.1, -0.05) is 0 Å². The van der Waals surface area contributed by atoms with E-state index in [1.165, 1.54) is 12.4 Å². The molecule has 2 N–H and O–H groups in total. The van der Waals surface area contributed by atoms with Crippen LogP contribution in [0.5, 0.6) is 0 Å². The first kappa shape index (κ1) is 21.0. The first-order chi connectivity index (χ1) is 15.4. The fourth-order valence-corrected chi connectivity index (χ4v) is 4.44. The van der Waals surface area contributed by atoms with Crippen molar-refractivity contribution in [1.29, 1.82) is 0 Å². The molecule has 2 aliphatic heterocycles. The predicted molar refractivity (Wildman–Crippen MR) is 105 cm³/mol. The van der Waals surface area contributed by atoms with Crippen LogP contribution in [0.15, 0.2) is 36.7 Å². The van der Waals surface area contributed by atoms with Crippen molar-refractivity contribution in [3.63, 3.8) is 0 Å². The van der Waals surface area contributed by atoms with Crippen molar-refractivity contribution in [2.75, 3.05) is 6.61 Å². The number of hydrogen-bond acceptors (Lipinski definition) is 6. The van der Waals surface area contributed by atoms with E-state index in [0.29, 0.717) is 24.4 Å². The number of imidazole rings is 1. The van der Waals surface area contributed by atoms with Crippen molar-refractivity contribution in [1.82, 2.24) is 24.4 Å². The first-order valence-corrected chi connectivity index (χ1v) is 10.1. The van der Waals surface area contributed by atoms with Crippen LogP contribution in [0.25, 0.3) is 11.6 Å². The standard InChI is InChI=1S/C21H20F4N6O/c22-11-2-3-14(23)13(6-11)18-15(26)7-12(10-32-18)30-8-16-17(9-30)31(21(24)25)20(29-16)19-27-4-1-5-28-19/h1-6,12,15,18,21H,7-10,26H2/t12-,15+,18-/m1/s1. The Labute approximate surface area is 180 Å². The number of benzene rings is 1. The molecule has 3 aromatic rings. The van der Waals surface area contributed by atoms with Gasteiger partial charge in [-0.3, -0.25) is 9.47 Å². The van der Waals surface area contributed by atoms with Gasteiger partial charge in [-0.05, 0) is 30.7 Å². The third-order valence-corrected chi connectivity index (χ3v) is 5.94. The zero-order chi connectivity index (χ0) is 22.4. The lowest BCUT2D eigenvalue weighted by Gasteiger charge is -2.38. The summed E-state index contributed by atoms with van der Waals surface area (Å²) in [5.41, 5.74) is 7.26. The van der Waals surface area contributed by atoms with Gasteiger partial charge in [0.2, 0.25) is 0 Å². The van der Waals surface area contributed by atoms with E-state index in [9.17, 15) is 17.6 Å². The number of rotatable bonds is 4. The molecule has 11 heteroatoms. The predicted octanol–water partition coefficient (Wildman–Crippen LogP) is 3.19. The molecule has 0 spiro atoms. The largest absolute Gasteiger partial charge is 0.370 e. The maximum atomic E-state index is 14.2. The smallest absolute Gasteiger partial charge is 0.320 e. The normalized spacial score (nSPS) is 23.6. The second kappa shape index (κ2) is 8.23. The lowest BCUT2D eigenvalue weighted by Crippen LogP contribution is -2.47. The van der Waals surface area contributed by atoms with Crippen molar-refractivity contribution in [3.05, 3.63) is 65.2 Å². The second-order valence-electron chi connectivity index (χ2n) is 7.93. The Morgan fingerprint density at radius 3 is 2.62 bits per heavy atom. The SMILES string of the molecule is N[C@H]1C[C@@H](N2Cc3nc(-c4ncccn4)n(C(F)F)c3C2)CO[C@@H]1c1cc(F)ccc1F. The summed E-state index contributed by atoms with van der Waals surface area (Å²) >= 11 is 0. The highest BCUT2D eigenvalue weighted by Crippen LogP contribution is 2.36. The Bertz CT molecular complexity index is 1120. The number of alkyl halides is 2. The molecule has 1 aromatic carbocycles. The van der Waals surface area contributed by atoms with E-state index >= 15 is 0 Å². The lowest BCUT2D eigenvalue weighted by atomic mass is 9.93. The number of nitrogens with zero attached hydrogens (tertiary/aromatic N) is 5. The van der Waals surface area contributed by atoms with Crippen molar-refractivity contribution in [2.45, 2.75) is 44.2 Å². The van der Waals surface area contributed by atoms with E-state index in [1.807, 2.05) is 4.90 Å². The number of aromatic nitrogens is 4. The van der Waals surface area contributed by atoms with Crippen LogP contribution in [0.1, 0.15) is 36.0 Å². The third kappa shape index (κ3) is 3.65. The summed E-state index contributed by atoms with van der Waals surface area (Å²) in [5.74, 6) is -0.979. The highest BCUT2D eigenvalue weighted by Gasteiger charge is 2.39. The molecule has 2 aliphatic rings. The molecule has 32 heavy (non-hydrogen) atoms. The molecule has 5 rings (SSSR count). The molecule has 0 amide bonds. The van der Waals surface area contributed by atoms with Gasteiger partial charge in [0.25, 0.3) is 0 Å². The molecule has 0 saturated carbocycles. The molecule has 2 aromatic heterocycles.